The lowest BCUT2D eigenvalue weighted by molar-refractivity contribution is -0.145. The van der Waals surface area contributed by atoms with Crippen molar-refractivity contribution in [3.05, 3.63) is 107 Å². The van der Waals surface area contributed by atoms with E-state index in [0.29, 0.717) is 29.0 Å². The van der Waals surface area contributed by atoms with Crippen LogP contribution in [-0.2, 0) is 16.6 Å². The van der Waals surface area contributed by atoms with Crippen LogP contribution in [0.3, 0.4) is 0 Å². The summed E-state index contributed by atoms with van der Waals surface area (Å²) >= 11 is 5.95. The number of carboxylic acid groups (broad SMARTS) is 1. The zero-order chi connectivity index (χ0) is 20.7. The van der Waals surface area contributed by atoms with Gasteiger partial charge in [0.2, 0.25) is 0 Å². The summed E-state index contributed by atoms with van der Waals surface area (Å²) in [6.45, 7) is 0. The van der Waals surface area contributed by atoms with E-state index in [1.807, 2.05) is 60.7 Å². The summed E-state index contributed by atoms with van der Waals surface area (Å²) in [6, 6.07) is 26.2. The third-order valence-corrected chi connectivity index (χ3v) is 5.70. The molecule has 3 aromatic rings. The first-order chi connectivity index (χ1) is 14.0. The van der Waals surface area contributed by atoms with Crippen molar-refractivity contribution in [2.45, 2.75) is 37.2 Å². The third kappa shape index (κ3) is 5.26. The number of aliphatic hydroxyl groups is 1. The predicted molar refractivity (Wildman–Crippen MR) is 116 cm³/mol. The second-order valence-corrected chi connectivity index (χ2v) is 7.80. The summed E-state index contributed by atoms with van der Waals surface area (Å²) in [7, 11) is 0. The molecular weight excluding hydrogens is 384 g/mol. The predicted octanol–water partition coefficient (Wildman–Crippen LogP) is 5.81. The van der Waals surface area contributed by atoms with Crippen LogP contribution in [0.5, 0.6) is 0 Å². The Kier molecular flexibility index (Phi) is 7.08. The molecule has 0 saturated carbocycles. The third-order valence-electron chi connectivity index (χ3n) is 5.44. The van der Waals surface area contributed by atoms with E-state index < -0.39 is 17.5 Å². The van der Waals surface area contributed by atoms with Gasteiger partial charge in [-0.1, -0.05) is 84.4 Å². The van der Waals surface area contributed by atoms with Gasteiger partial charge in [0.05, 0.1) is 11.5 Å². The molecule has 2 unspecified atom stereocenters. The van der Waals surface area contributed by atoms with Crippen molar-refractivity contribution >= 4 is 17.6 Å². The fourth-order valence-corrected chi connectivity index (χ4v) is 3.94. The van der Waals surface area contributed by atoms with Gasteiger partial charge in [-0.05, 0) is 54.5 Å². The molecule has 2 atom stereocenters. The van der Waals surface area contributed by atoms with Crippen molar-refractivity contribution in [1.82, 2.24) is 0 Å². The SMILES string of the molecule is O=C(O)C(CCCc1ccccc1)(CC(O)c1ccc(Cl)cc1)c1ccccc1. The van der Waals surface area contributed by atoms with Crippen LogP contribution in [-0.4, -0.2) is 16.2 Å². The minimum atomic E-state index is -1.17. The molecule has 0 aromatic heterocycles. The van der Waals surface area contributed by atoms with Gasteiger partial charge in [0, 0.05) is 5.02 Å². The largest absolute Gasteiger partial charge is 0.481 e. The van der Waals surface area contributed by atoms with Crippen LogP contribution in [0.25, 0.3) is 0 Å². The van der Waals surface area contributed by atoms with E-state index in [-0.39, 0.29) is 6.42 Å². The molecule has 150 valence electrons. The molecule has 0 fully saturated rings. The smallest absolute Gasteiger partial charge is 0.314 e. The topological polar surface area (TPSA) is 57.5 Å². The molecule has 0 bridgehead atoms. The number of hydrogen-bond acceptors (Lipinski definition) is 2. The maximum absolute atomic E-state index is 12.6. The van der Waals surface area contributed by atoms with Gasteiger partial charge < -0.3 is 10.2 Å². The highest BCUT2D eigenvalue weighted by Crippen LogP contribution is 2.39. The molecule has 0 saturated heterocycles. The molecule has 3 nitrogen and oxygen atoms in total. The normalized spacial score (nSPS) is 14.1. The molecule has 0 amide bonds. The molecule has 4 heteroatoms. The van der Waals surface area contributed by atoms with Crippen LogP contribution >= 0.6 is 11.6 Å². The number of benzene rings is 3. The number of halogens is 1. The fraction of sp³-hybridized carbons (Fsp3) is 0.240. The van der Waals surface area contributed by atoms with Gasteiger partial charge in [-0.25, -0.2) is 0 Å². The number of rotatable bonds is 9. The quantitative estimate of drug-likeness (QED) is 0.469. The van der Waals surface area contributed by atoms with E-state index >= 15 is 0 Å². The van der Waals surface area contributed by atoms with E-state index in [1.165, 1.54) is 5.56 Å². The molecule has 3 rings (SSSR count). The molecule has 0 aliphatic rings. The standard InChI is InChI=1S/C25H25ClO3/c26-22-15-13-20(14-16-22)23(27)18-25(24(28)29,21-11-5-2-6-12-21)17-7-10-19-8-3-1-4-9-19/h1-6,8-9,11-16,23,27H,7,10,17-18H2,(H,28,29). The van der Waals surface area contributed by atoms with E-state index in [9.17, 15) is 15.0 Å². The summed E-state index contributed by atoms with van der Waals surface area (Å²) in [4.78, 5) is 12.6. The Balaban J connectivity index is 1.87. The number of carboxylic acids is 1. The molecular formula is C25H25ClO3. The first-order valence-corrected chi connectivity index (χ1v) is 10.2. The second kappa shape index (κ2) is 9.73. The van der Waals surface area contributed by atoms with Crippen molar-refractivity contribution in [1.29, 1.82) is 0 Å². The molecule has 0 spiro atoms. The Labute approximate surface area is 176 Å². The van der Waals surface area contributed by atoms with E-state index in [4.69, 9.17) is 11.6 Å². The summed E-state index contributed by atoms with van der Waals surface area (Å²) in [5, 5.41) is 21.7. The highest BCUT2D eigenvalue weighted by molar-refractivity contribution is 6.30. The highest BCUT2D eigenvalue weighted by atomic mass is 35.5. The average molecular weight is 409 g/mol. The molecule has 0 radical (unpaired) electrons. The second-order valence-electron chi connectivity index (χ2n) is 7.36. The van der Waals surface area contributed by atoms with Gasteiger partial charge in [-0.3, -0.25) is 4.79 Å². The van der Waals surface area contributed by atoms with Gasteiger partial charge in [0.25, 0.3) is 0 Å². The van der Waals surface area contributed by atoms with Crippen LogP contribution < -0.4 is 0 Å². The Bertz CT molecular complexity index is 910. The van der Waals surface area contributed by atoms with Crippen molar-refractivity contribution in [2.24, 2.45) is 0 Å². The summed E-state index contributed by atoms with van der Waals surface area (Å²) in [5.74, 6) is -0.912. The van der Waals surface area contributed by atoms with E-state index in [2.05, 4.69) is 0 Å². The Morgan fingerprint density at radius 2 is 1.48 bits per heavy atom. The van der Waals surface area contributed by atoms with Crippen LogP contribution in [0.15, 0.2) is 84.9 Å². The van der Waals surface area contributed by atoms with Gasteiger partial charge >= 0.3 is 5.97 Å². The molecule has 0 aliphatic heterocycles. The maximum Gasteiger partial charge on any atom is 0.314 e. The van der Waals surface area contributed by atoms with Gasteiger partial charge in [0.1, 0.15) is 0 Å². The first-order valence-electron chi connectivity index (χ1n) is 9.78. The van der Waals surface area contributed by atoms with Crippen LogP contribution in [0.2, 0.25) is 5.02 Å². The molecule has 29 heavy (non-hydrogen) atoms. The van der Waals surface area contributed by atoms with Gasteiger partial charge in [-0.2, -0.15) is 0 Å². The van der Waals surface area contributed by atoms with Gasteiger partial charge in [0.15, 0.2) is 0 Å². The minimum Gasteiger partial charge on any atom is -0.481 e. The number of aliphatic hydroxyl groups excluding tert-OH is 1. The fourth-order valence-electron chi connectivity index (χ4n) is 3.81. The van der Waals surface area contributed by atoms with Crippen molar-refractivity contribution in [2.75, 3.05) is 0 Å². The Morgan fingerprint density at radius 1 is 0.897 bits per heavy atom. The maximum atomic E-state index is 12.6. The number of hydrogen-bond donors (Lipinski definition) is 2. The lowest BCUT2D eigenvalue weighted by Gasteiger charge is -2.32. The van der Waals surface area contributed by atoms with Crippen molar-refractivity contribution in [3.8, 4) is 0 Å². The first kappa shape index (κ1) is 21.1. The zero-order valence-electron chi connectivity index (χ0n) is 16.2. The molecule has 0 aliphatic carbocycles. The van der Waals surface area contributed by atoms with Gasteiger partial charge in [-0.15, -0.1) is 0 Å². The Hall–Kier alpha value is -2.62. The summed E-state index contributed by atoms with van der Waals surface area (Å²) in [6.07, 6.45) is 1.13. The molecule has 2 N–H and O–H groups in total. The molecule has 3 aromatic carbocycles. The van der Waals surface area contributed by atoms with E-state index in [0.717, 1.165) is 6.42 Å². The monoisotopic (exact) mass is 408 g/mol. The summed E-state index contributed by atoms with van der Waals surface area (Å²) < 4.78 is 0. The van der Waals surface area contributed by atoms with Crippen LogP contribution in [0.4, 0.5) is 0 Å². The number of carbonyl (C=O) groups is 1. The Morgan fingerprint density at radius 3 is 2.07 bits per heavy atom. The lowest BCUT2D eigenvalue weighted by atomic mass is 9.71. The zero-order valence-corrected chi connectivity index (χ0v) is 16.9. The van der Waals surface area contributed by atoms with Crippen molar-refractivity contribution in [3.63, 3.8) is 0 Å². The number of aliphatic carboxylic acids is 1. The van der Waals surface area contributed by atoms with Crippen LogP contribution in [0.1, 0.15) is 42.1 Å². The van der Waals surface area contributed by atoms with Crippen LogP contribution in [0, 0.1) is 0 Å². The lowest BCUT2D eigenvalue weighted by Crippen LogP contribution is -2.37. The summed E-state index contributed by atoms with van der Waals surface area (Å²) in [5.41, 5.74) is 1.39. The number of aryl methyl sites for hydroxylation is 1. The molecule has 0 heterocycles. The highest BCUT2D eigenvalue weighted by Gasteiger charge is 2.41. The average Bonchev–Trinajstić information content (AvgIpc) is 2.74. The van der Waals surface area contributed by atoms with E-state index in [1.54, 1.807) is 24.3 Å². The minimum absolute atomic E-state index is 0.1000. The van der Waals surface area contributed by atoms with Crippen molar-refractivity contribution < 1.29 is 15.0 Å².